The molecule has 1 unspecified atom stereocenters. The molecule has 4 aromatic rings. The van der Waals surface area contributed by atoms with E-state index in [1.54, 1.807) is 12.1 Å². The number of carbonyl (C=O) groups excluding carboxylic acids is 1. The summed E-state index contributed by atoms with van der Waals surface area (Å²) in [4.78, 5) is 23.6. The highest BCUT2D eigenvalue weighted by Gasteiger charge is 2.22. The molecule has 0 aliphatic heterocycles. The zero-order valence-electron chi connectivity index (χ0n) is 20.3. The minimum atomic E-state index is -0.459. The Bertz CT molecular complexity index is 1370. The highest BCUT2D eigenvalue weighted by molar-refractivity contribution is 7.98. The first-order valence-electron chi connectivity index (χ1n) is 11.6. The fourth-order valence-corrected chi connectivity index (χ4v) is 4.71. The van der Waals surface area contributed by atoms with Crippen LogP contribution in [0.3, 0.4) is 0 Å². The van der Waals surface area contributed by atoms with Crippen LogP contribution in [0, 0.1) is 17.0 Å². The van der Waals surface area contributed by atoms with Crippen LogP contribution < -0.4 is 5.32 Å². The van der Waals surface area contributed by atoms with Crippen molar-refractivity contribution >= 4 is 23.4 Å². The standard InChI is InChI=1S/C27H27N5O3S/c1-4-20-8-10-22(11-9-20)26(33)28-19(3)25-29-30-27(36-17-21-7-5-6-18(2)16-21)31(25)23-12-14-24(15-13-23)32(34)35/h5-16,19H,4,17H2,1-3H3,(H,28,33). The molecule has 0 fully saturated rings. The molecule has 1 atom stereocenters. The number of rotatable bonds is 9. The molecule has 1 aromatic heterocycles. The molecule has 0 saturated heterocycles. The average Bonchev–Trinajstić information content (AvgIpc) is 3.31. The molecule has 184 valence electrons. The largest absolute Gasteiger partial charge is 0.342 e. The van der Waals surface area contributed by atoms with Crippen molar-refractivity contribution in [3.05, 3.63) is 111 Å². The maximum absolute atomic E-state index is 12.9. The minimum absolute atomic E-state index is 0.000726. The number of nitrogens with one attached hydrogen (secondary N) is 1. The molecule has 9 heteroatoms. The number of carbonyl (C=O) groups is 1. The van der Waals surface area contributed by atoms with Crippen LogP contribution in [-0.2, 0) is 12.2 Å². The molecule has 0 aliphatic rings. The van der Waals surface area contributed by atoms with Crippen LogP contribution >= 0.6 is 11.8 Å². The van der Waals surface area contributed by atoms with Gasteiger partial charge in [0.15, 0.2) is 11.0 Å². The number of nitrogens with zero attached hydrogens (tertiary/aromatic N) is 4. The lowest BCUT2D eigenvalue weighted by Gasteiger charge is -2.16. The molecule has 0 radical (unpaired) electrons. The van der Waals surface area contributed by atoms with E-state index < -0.39 is 11.0 Å². The molecule has 1 amide bonds. The number of aryl methyl sites for hydroxylation is 2. The number of amides is 1. The van der Waals surface area contributed by atoms with Crippen molar-refractivity contribution in [3.8, 4) is 5.69 Å². The summed E-state index contributed by atoms with van der Waals surface area (Å²) in [5.74, 6) is 1.00. The molecule has 0 aliphatic carbocycles. The predicted octanol–water partition coefficient (Wildman–Crippen LogP) is 5.83. The van der Waals surface area contributed by atoms with Gasteiger partial charge in [0, 0.05) is 29.1 Å². The van der Waals surface area contributed by atoms with Crippen molar-refractivity contribution in [2.45, 2.75) is 44.1 Å². The van der Waals surface area contributed by atoms with Crippen LogP contribution in [0.1, 0.15) is 52.8 Å². The number of nitro benzene ring substituents is 1. The van der Waals surface area contributed by atoms with Gasteiger partial charge in [0.1, 0.15) is 0 Å². The Hall–Kier alpha value is -3.98. The van der Waals surface area contributed by atoms with Gasteiger partial charge in [0.25, 0.3) is 11.6 Å². The Balaban J connectivity index is 1.62. The Morgan fingerprint density at radius 1 is 1.06 bits per heavy atom. The second-order valence-electron chi connectivity index (χ2n) is 8.47. The van der Waals surface area contributed by atoms with E-state index in [4.69, 9.17) is 0 Å². The quantitative estimate of drug-likeness (QED) is 0.176. The molecule has 1 heterocycles. The first kappa shape index (κ1) is 25.1. The van der Waals surface area contributed by atoms with Crippen molar-refractivity contribution in [2.75, 3.05) is 0 Å². The van der Waals surface area contributed by atoms with Crippen LogP contribution in [0.5, 0.6) is 0 Å². The lowest BCUT2D eigenvalue weighted by Crippen LogP contribution is -2.28. The molecular formula is C27H27N5O3S. The molecule has 0 spiro atoms. The molecule has 8 nitrogen and oxygen atoms in total. The SMILES string of the molecule is CCc1ccc(C(=O)NC(C)c2nnc(SCc3cccc(C)c3)n2-c2ccc([N+](=O)[O-])cc2)cc1. The van der Waals surface area contributed by atoms with E-state index in [0.29, 0.717) is 28.0 Å². The summed E-state index contributed by atoms with van der Waals surface area (Å²) in [6.07, 6.45) is 0.902. The summed E-state index contributed by atoms with van der Waals surface area (Å²) in [7, 11) is 0. The maximum atomic E-state index is 12.9. The minimum Gasteiger partial charge on any atom is -0.342 e. The highest BCUT2D eigenvalue weighted by atomic mass is 32.2. The molecule has 4 rings (SSSR count). The lowest BCUT2D eigenvalue weighted by molar-refractivity contribution is -0.384. The summed E-state index contributed by atoms with van der Waals surface area (Å²) < 4.78 is 1.84. The Kier molecular flexibility index (Phi) is 7.80. The summed E-state index contributed by atoms with van der Waals surface area (Å²) in [5.41, 5.74) is 4.73. The summed E-state index contributed by atoms with van der Waals surface area (Å²) >= 11 is 1.51. The molecule has 3 aromatic carbocycles. The van der Waals surface area contributed by atoms with E-state index in [9.17, 15) is 14.9 Å². The Morgan fingerprint density at radius 2 is 1.78 bits per heavy atom. The van der Waals surface area contributed by atoms with E-state index >= 15 is 0 Å². The third-order valence-electron chi connectivity index (χ3n) is 5.79. The lowest BCUT2D eigenvalue weighted by atomic mass is 10.1. The average molecular weight is 502 g/mol. The summed E-state index contributed by atoms with van der Waals surface area (Å²) in [6, 6.07) is 21.5. The van der Waals surface area contributed by atoms with Gasteiger partial charge in [-0.2, -0.15) is 0 Å². The number of aromatic nitrogens is 3. The molecule has 36 heavy (non-hydrogen) atoms. The number of thioether (sulfide) groups is 1. The molecular weight excluding hydrogens is 474 g/mol. The maximum Gasteiger partial charge on any atom is 0.269 e. The number of non-ortho nitro benzene ring substituents is 1. The van der Waals surface area contributed by atoms with Gasteiger partial charge in [0.2, 0.25) is 0 Å². The topological polar surface area (TPSA) is 103 Å². The second-order valence-corrected chi connectivity index (χ2v) is 9.42. The third-order valence-corrected chi connectivity index (χ3v) is 6.79. The molecule has 0 bridgehead atoms. The van der Waals surface area contributed by atoms with Crippen LogP contribution in [0.25, 0.3) is 5.69 Å². The van der Waals surface area contributed by atoms with E-state index in [2.05, 4.69) is 34.6 Å². The predicted molar refractivity (Wildman–Crippen MR) is 140 cm³/mol. The van der Waals surface area contributed by atoms with E-state index in [0.717, 1.165) is 17.5 Å². The van der Waals surface area contributed by atoms with Crippen LogP contribution in [0.15, 0.2) is 78.0 Å². The van der Waals surface area contributed by atoms with Gasteiger partial charge in [-0.25, -0.2) is 0 Å². The van der Waals surface area contributed by atoms with Crippen LogP contribution in [0.2, 0.25) is 0 Å². The van der Waals surface area contributed by atoms with E-state index in [1.165, 1.54) is 29.5 Å². The first-order valence-corrected chi connectivity index (χ1v) is 12.6. The fraction of sp³-hybridized carbons (Fsp3) is 0.222. The fourth-order valence-electron chi connectivity index (χ4n) is 3.81. The van der Waals surface area contributed by atoms with E-state index in [1.807, 2.05) is 54.8 Å². The number of benzene rings is 3. The number of hydrogen-bond acceptors (Lipinski definition) is 6. The number of nitro groups is 1. The van der Waals surface area contributed by atoms with Crippen molar-refractivity contribution in [2.24, 2.45) is 0 Å². The summed E-state index contributed by atoms with van der Waals surface area (Å²) in [5, 5.41) is 23.6. The normalized spacial score (nSPS) is 11.8. The first-order chi connectivity index (χ1) is 17.4. The van der Waals surface area contributed by atoms with E-state index in [-0.39, 0.29) is 11.6 Å². The van der Waals surface area contributed by atoms with Gasteiger partial charge in [-0.15, -0.1) is 10.2 Å². The van der Waals surface area contributed by atoms with Crippen LogP contribution in [-0.4, -0.2) is 25.6 Å². The molecule has 0 saturated carbocycles. The smallest absolute Gasteiger partial charge is 0.269 e. The monoisotopic (exact) mass is 501 g/mol. The van der Waals surface area contributed by atoms with Gasteiger partial charge >= 0.3 is 0 Å². The van der Waals surface area contributed by atoms with Gasteiger partial charge in [0.05, 0.1) is 11.0 Å². The number of hydrogen-bond donors (Lipinski definition) is 1. The second kappa shape index (κ2) is 11.2. The van der Waals surface area contributed by atoms with Crippen molar-refractivity contribution in [1.82, 2.24) is 20.1 Å². The van der Waals surface area contributed by atoms with Gasteiger partial charge in [-0.05, 0) is 55.7 Å². The van der Waals surface area contributed by atoms with Crippen molar-refractivity contribution in [1.29, 1.82) is 0 Å². The van der Waals surface area contributed by atoms with Crippen molar-refractivity contribution < 1.29 is 9.72 Å². The summed E-state index contributed by atoms with van der Waals surface area (Å²) in [6.45, 7) is 5.96. The zero-order chi connectivity index (χ0) is 25.7. The highest BCUT2D eigenvalue weighted by Crippen LogP contribution is 2.29. The van der Waals surface area contributed by atoms with Gasteiger partial charge < -0.3 is 5.32 Å². The van der Waals surface area contributed by atoms with Gasteiger partial charge in [-0.1, -0.05) is 60.6 Å². The third kappa shape index (κ3) is 5.80. The molecule has 1 N–H and O–H groups in total. The Morgan fingerprint density at radius 3 is 2.42 bits per heavy atom. The van der Waals surface area contributed by atoms with Crippen LogP contribution in [0.4, 0.5) is 5.69 Å². The van der Waals surface area contributed by atoms with Crippen molar-refractivity contribution in [3.63, 3.8) is 0 Å². The van der Waals surface area contributed by atoms with Gasteiger partial charge in [-0.3, -0.25) is 19.5 Å². The Labute approximate surface area is 213 Å². The zero-order valence-corrected chi connectivity index (χ0v) is 21.2.